The largest absolute Gasteiger partial charge is 0.507 e. The van der Waals surface area contributed by atoms with Gasteiger partial charge in [-0.2, -0.15) is 0 Å². The van der Waals surface area contributed by atoms with Gasteiger partial charge in [0.05, 0.1) is 41.2 Å². The van der Waals surface area contributed by atoms with Gasteiger partial charge < -0.3 is 97.1 Å². The molecule has 6 aromatic rings. The maximum absolute atomic E-state index is 13.0. The van der Waals surface area contributed by atoms with Crippen LogP contribution in [-0.2, 0) is 28.5 Å². The van der Waals surface area contributed by atoms with E-state index in [-0.39, 0.29) is 85.4 Å². The lowest BCUT2D eigenvalue weighted by molar-refractivity contribution is -0.277. The predicted molar refractivity (Wildman–Crippen MR) is 263 cm³/mol. The molecule has 4 aromatic carbocycles. The number of ether oxygens (including phenoxy) is 10. The van der Waals surface area contributed by atoms with Gasteiger partial charge in [0.1, 0.15) is 87.0 Å². The zero-order valence-corrected chi connectivity index (χ0v) is 42.1. The highest BCUT2D eigenvalue weighted by molar-refractivity contribution is 5.87. The fraction of sp³-hybridized carbons (Fsp3) is 0.385. The van der Waals surface area contributed by atoms with Crippen molar-refractivity contribution in [3.63, 3.8) is 0 Å². The van der Waals surface area contributed by atoms with E-state index >= 15 is 0 Å². The number of aromatic hydroxyl groups is 4. The normalized spacial score (nSPS) is 23.2. The second-order valence-corrected chi connectivity index (χ2v) is 17.4. The Bertz CT molecular complexity index is 3170. The van der Waals surface area contributed by atoms with Gasteiger partial charge in [-0.15, -0.1) is 0 Å². The second kappa shape index (κ2) is 23.3. The Kier molecular flexibility index (Phi) is 17.1. The van der Waals surface area contributed by atoms with Gasteiger partial charge in [-0.1, -0.05) is 13.8 Å². The number of benzene rings is 4. The molecule has 2 aliphatic heterocycles. The van der Waals surface area contributed by atoms with Crippen molar-refractivity contribution < 1.29 is 107 Å². The lowest BCUT2D eigenvalue weighted by Crippen LogP contribution is -2.60. The fourth-order valence-electron chi connectivity index (χ4n) is 8.69. The number of methoxy groups -OCH3 is 4. The first kappa shape index (κ1) is 55.7. The zero-order chi connectivity index (χ0) is 55.4. The van der Waals surface area contributed by atoms with E-state index in [1.165, 1.54) is 90.8 Å². The number of hydrogen-bond acceptors (Lipinski definition) is 24. The fourth-order valence-corrected chi connectivity index (χ4v) is 8.69. The molecule has 2 aliphatic rings. The van der Waals surface area contributed by atoms with E-state index < -0.39 is 96.2 Å². The van der Waals surface area contributed by atoms with E-state index in [1.54, 1.807) is 0 Å². The number of carbonyl (C=O) groups is 2. The van der Waals surface area contributed by atoms with Crippen molar-refractivity contribution in [1.29, 1.82) is 0 Å². The Hall–Kier alpha value is -8.00. The van der Waals surface area contributed by atoms with Crippen LogP contribution in [0.4, 0.5) is 0 Å². The van der Waals surface area contributed by atoms with Gasteiger partial charge in [0.25, 0.3) is 0 Å². The number of fused-ring (bicyclic) bond motifs is 2. The van der Waals surface area contributed by atoms with Crippen LogP contribution in [0.5, 0.6) is 57.5 Å². The van der Waals surface area contributed by atoms with Crippen molar-refractivity contribution in [2.24, 2.45) is 5.92 Å². The van der Waals surface area contributed by atoms with E-state index in [0.29, 0.717) is 17.5 Å². The van der Waals surface area contributed by atoms with E-state index in [9.17, 15) is 60.0 Å². The second-order valence-electron chi connectivity index (χ2n) is 17.4. The number of carbonyl (C=O) groups excluding carboxylic acids is 2. The molecule has 8 N–H and O–H groups in total. The zero-order valence-electron chi connectivity index (χ0n) is 42.1. The summed E-state index contributed by atoms with van der Waals surface area (Å²) in [5.41, 5.74) is -0.545. The number of rotatable bonds is 14. The summed E-state index contributed by atoms with van der Waals surface area (Å²) in [6.07, 6.45) is -10.7. The first-order valence-electron chi connectivity index (χ1n) is 23.3. The summed E-state index contributed by atoms with van der Waals surface area (Å²) in [6, 6.07) is 13.0. The first-order valence-corrected chi connectivity index (χ1v) is 23.3. The molecule has 0 saturated carbocycles. The van der Waals surface area contributed by atoms with Crippen LogP contribution in [0.2, 0.25) is 0 Å². The quantitative estimate of drug-likeness (QED) is 0.0715. The SMILES string of the molecule is CC[C@H]1O[C@@H](Oc2cc(O)c3c(=O)cc(-c4cc(OC)c(O)c(OC)c4)oc3c2)[C@H](OC(C)=O)[C@@H](OC(C)=O)[C@H]1C.COc1cc(-c2cc(=O)c3c(O)cc(O[C@@H]4O[C@H](CO)[C@H](O)[C@H](O)[C@H]4O)cc3o2)cc(OC)c1O. The molecule has 24 nitrogen and oxygen atoms in total. The Balaban J connectivity index is 0.000000224. The van der Waals surface area contributed by atoms with Crippen molar-refractivity contribution in [3.8, 4) is 80.1 Å². The van der Waals surface area contributed by atoms with Gasteiger partial charge in [-0.25, -0.2) is 0 Å². The van der Waals surface area contributed by atoms with E-state index in [0.717, 1.165) is 12.1 Å². The molecule has 10 atom stereocenters. The number of aliphatic hydroxyl groups excluding tert-OH is 4. The van der Waals surface area contributed by atoms with Crippen LogP contribution in [0.3, 0.4) is 0 Å². The Morgan fingerprint density at radius 1 is 0.553 bits per heavy atom. The highest BCUT2D eigenvalue weighted by atomic mass is 16.7. The highest BCUT2D eigenvalue weighted by Gasteiger charge is 2.49. The molecular weight excluding hydrogens is 1010 g/mol. The topological polar surface area (TPSA) is 349 Å². The molecule has 0 bridgehead atoms. The van der Waals surface area contributed by atoms with Crippen molar-refractivity contribution in [1.82, 2.24) is 0 Å². The molecule has 2 aromatic heterocycles. The highest BCUT2D eigenvalue weighted by Crippen LogP contribution is 2.43. The predicted octanol–water partition coefficient (Wildman–Crippen LogP) is 3.97. The molecule has 0 radical (unpaired) electrons. The third-order valence-electron chi connectivity index (χ3n) is 12.5. The lowest BCUT2D eigenvalue weighted by atomic mass is 9.89. The summed E-state index contributed by atoms with van der Waals surface area (Å²) in [5, 5.41) is 80.7. The summed E-state index contributed by atoms with van der Waals surface area (Å²) >= 11 is 0. The maximum atomic E-state index is 13.0. The van der Waals surface area contributed by atoms with Crippen LogP contribution >= 0.6 is 0 Å². The minimum Gasteiger partial charge on any atom is -0.507 e. The van der Waals surface area contributed by atoms with Crippen LogP contribution in [0.15, 0.2) is 79.1 Å². The van der Waals surface area contributed by atoms with Gasteiger partial charge in [0, 0.05) is 67.3 Å². The average Bonchev–Trinajstić information content (AvgIpc) is 3.38. The number of aliphatic hydroxyl groups is 4. The molecule has 0 unspecified atom stereocenters. The molecule has 2 fully saturated rings. The number of phenolic OH excluding ortho intramolecular Hbond substituents is 4. The molecule has 0 amide bonds. The third kappa shape index (κ3) is 11.5. The number of hydrogen-bond donors (Lipinski definition) is 8. The monoisotopic (exact) mass is 1060 g/mol. The minimum atomic E-state index is -1.68. The molecule has 24 heteroatoms. The van der Waals surface area contributed by atoms with Gasteiger partial charge in [-0.3, -0.25) is 19.2 Å². The number of esters is 2. The Morgan fingerprint density at radius 2 is 0.961 bits per heavy atom. The summed E-state index contributed by atoms with van der Waals surface area (Å²) in [5.74, 6) is -2.47. The van der Waals surface area contributed by atoms with E-state index in [2.05, 4.69) is 0 Å². The minimum absolute atomic E-state index is 0.0229. The van der Waals surface area contributed by atoms with Crippen LogP contribution in [0.1, 0.15) is 34.1 Å². The smallest absolute Gasteiger partial charge is 0.303 e. The van der Waals surface area contributed by atoms with Crippen LogP contribution in [0, 0.1) is 5.92 Å². The molecule has 4 heterocycles. The molecule has 0 aliphatic carbocycles. The summed E-state index contributed by atoms with van der Waals surface area (Å²) in [6.45, 7) is 5.53. The molecule has 8 rings (SSSR count). The number of phenols is 4. The third-order valence-corrected chi connectivity index (χ3v) is 12.5. The molecule has 76 heavy (non-hydrogen) atoms. The molecular formula is C52H56O24. The molecule has 2 saturated heterocycles. The van der Waals surface area contributed by atoms with E-state index in [1.807, 2.05) is 13.8 Å². The van der Waals surface area contributed by atoms with Gasteiger partial charge in [0.2, 0.25) is 30.2 Å². The van der Waals surface area contributed by atoms with Crippen LogP contribution < -0.4 is 39.3 Å². The van der Waals surface area contributed by atoms with Crippen molar-refractivity contribution in [2.75, 3.05) is 35.0 Å². The van der Waals surface area contributed by atoms with Crippen molar-refractivity contribution in [3.05, 3.63) is 81.1 Å². The van der Waals surface area contributed by atoms with Crippen molar-refractivity contribution >= 4 is 33.9 Å². The van der Waals surface area contributed by atoms with Crippen molar-refractivity contribution in [2.45, 2.75) is 89.4 Å². The Morgan fingerprint density at radius 3 is 1.36 bits per heavy atom. The standard InChI is InChI=1S/C29H32O12.C23H24O12/c1-7-20-13(2)27(37-14(3)30)28(38-15(4)31)29(41-20)39-17-10-18(32)25-19(33)12-21(40-22(25)11-17)16-8-23(35-5)26(34)24(9-16)36-6;1-31-15-3-9(4-16(32-2)19(15)27)13-7-12(26)18-11(25)5-10(6-14(18)34-13)33-23-22(30)21(29)20(28)17(8-24)35-23/h8-13,20,27-29,32,34H,7H2,1-6H3;3-7,17,20-25,27-30H,8H2,1-2H3/t13-,20+,27-,28+,29+;17-,20+,21+,22-,23-/m01/s1. The van der Waals surface area contributed by atoms with Gasteiger partial charge in [0.15, 0.2) is 33.9 Å². The summed E-state index contributed by atoms with van der Waals surface area (Å²) in [7, 11) is 5.41. The van der Waals surface area contributed by atoms with E-state index in [4.69, 9.17) is 56.2 Å². The average molecular weight is 1060 g/mol. The van der Waals surface area contributed by atoms with Gasteiger partial charge in [-0.05, 0) is 30.7 Å². The lowest BCUT2D eigenvalue weighted by Gasteiger charge is -2.43. The maximum Gasteiger partial charge on any atom is 0.303 e. The summed E-state index contributed by atoms with van der Waals surface area (Å²) < 4.78 is 66.4. The molecule has 408 valence electrons. The summed E-state index contributed by atoms with van der Waals surface area (Å²) in [4.78, 5) is 49.6. The first-order chi connectivity index (χ1) is 36.1. The van der Waals surface area contributed by atoms with Crippen LogP contribution in [0.25, 0.3) is 44.6 Å². The Labute approximate surface area is 431 Å². The molecule has 0 spiro atoms. The van der Waals surface area contributed by atoms with Gasteiger partial charge >= 0.3 is 11.9 Å². The van der Waals surface area contributed by atoms with Crippen LogP contribution in [-0.4, -0.2) is 143 Å².